The minimum Gasteiger partial charge on any atom is -0.459 e. The van der Waals surface area contributed by atoms with E-state index in [1.807, 2.05) is 19.1 Å². The highest BCUT2D eigenvalue weighted by Gasteiger charge is 2.24. The van der Waals surface area contributed by atoms with E-state index >= 15 is 0 Å². The molecule has 0 fully saturated rings. The van der Waals surface area contributed by atoms with Crippen LogP contribution < -0.4 is 0 Å². The van der Waals surface area contributed by atoms with Crippen LogP contribution >= 0.6 is 27.5 Å². The van der Waals surface area contributed by atoms with E-state index in [2.05, 4.69) is 15.9 Å². The lowest BCUT2D eigenvalue weighted by atomic mass is 10.1. The van der Waals surface area contributed by atoms with Gasteiger partial charge < -0.3 is 14.1 Å². The molecule has 1 amide bonds. The van der Waals surface area contributed by atoms with Crippen molar-refractivity contribution in [3.63, 3.8) is 0 Å². The summed E-state index contributed by atoms with van der Waals surface area (Å²) in [6, 6.07) is 3.85. The Bertz CT molecular complexity index is 698. The van der Waals surface area contributed by atoms with Crippen LogP contribution in [0.15, 0.2) is 21.0 Å². The molecule has 0 bridgehead atoms. The molecule has 0 N–H and O–H groups in total. The molecule has 0 saturated carbocycles. The predicted octanol–water partition coefficient (Wildman–Crippen LogP) is 4.41. The predicted molar refractivity (Wildman–Crippen MR) is 84.9 cm³/mol. The number of halogens is 2. The van der Waals surface area contributed by atoms with Gasteiger partial charge in [-0.2, -0.15) is 0 Å². The number of fused-ring (bicyclic) bond motifs is 3. The fourth-order valence-corrected chi connectivity index (χ4v) is 3.54. The van der Waals surface area contributed by atoms with Gasteiger partial charge in [0.2, 0.25) is 0 Å². The van der Waals surface area contributed by atoms with Gasteiger partial charge in [0.15, 0.2) is 5.58 Å². The van der Waals surface area contributed by atoms with E-state index in [0.29, 0.717) is 31.1 Å². The van der Waals surface area contributed by atoms with Gasteiger partial charge in [-0.15, -0.1) is 0 Å². The quantitative estimate of drug-likeness (QED) is 0.745. The Morgan fingerprint density at radius 1 is 1.43 bits per heavy atom. The molecule has 2 aromatic rings. The third-order valence-corrected chi connectivity index (χ3v) is 4.40. The summed E-state index contributed by atoms with van der Waals surface area (Å²) in [5, 5.41) is 1.63. The maximum absolute atomic E-state index is 11.8. The van der Waals surface area contributed by atoms with Gasteiger partial charge in [-0.3, -0.25) is 0 Å². The van der Waals surface area contributed by atoms with E-state index < -0.39 is 0 Å². The largest absolute Gasteiger partial charge is 0.459 e. The molecule has 0 unspecified atom stereocenters. The average molecular weight is 373 g/mol. The number of benzene rings is 1. The fraction of sp³-hybridized carbons (Fsp3) is 0.400. The molecule has 0 saturated heterocycles. The molecule has 0 atom stereocenters. The molecule has 2 heterocycles. The highest BCUT2D eigenvalue weighted by atomic mass is 79.9. The van der Waals surface area contributed by atoms with Crippen molar-refractivity contribution in [1.82, 2.24) is 4.90 Å². The average Bonchev–Trinajstić information content (AvgIpc) is 2.65. The van der Waals surface area contributed by atoms with Crippen LogP contribution in [0.1, 0.15) is 18.2 Å². The Labute approximate surface area is 136 Å². The molecule has 0 radical (unpaired) electrons. The van der Waals surface area contributed by atoms with Crippen LogP contribution in [-0.2, 0) is 17.6 Å². The molecule has 1 aliphatic rings. The molecule has 112 valence electrons. The maximum Gasteiger partial charge on any atom is 0.409 e. The molecule has 21 heavy (non-hydrogen) atoms. The van der Waals surface area contributed by atoms with Gasteiger partial charge in [-0.05, 0) is 25.5 Å². The van der Waals surface area contributed by atoms with E-state index in [-0.39, 0.29) is 6.09 Å². The van der Waals surface area contributed by atoms with Gasteiger partial charge in [0.1, 0.15) is 5.76 Å². The van der Waals surface area contributed by atoms with Crippen molar-refractivity contribution in [3.05, 3.63) is 33.0 Å². The number of hydrogen-bond donors (Lipinski definition) is 0. The molecule has 0 spiro atoms. The topological polar surface area (TPSA) is 42.7 Å². The molecule has 1 aliphatic heterocycles. The third-order valence-electron chi connectivity index (χ3n) is 3.66. The summed E-state index contributed by atoms with van der Waals surface area (Å²) in [5.41, 5.74) is 1.87. The zero-order valence-electron chi connectivity index (χ0n) is 11.6. The number of carbonyl (C=O) groups is 1. The standard InChI is InChI=1S/C15H15BrClNO3/c1-2-20-15(19)18-5-3-10-11-7-9(16)8-12(17)14(11)21-13(10)4-6-18/h7-8H,2-6H2,1H3. The minimum absolute atomic E-state index is 0.258. The highest BCUT2D eigenvalue weighted by Crippen LogP contribution is 2.35. The molecule has 6 heteroatoms. The Balaban J connectivity index is 1.93. The summed E-state index contributed by atoms with van der Waals surface area (Å²) in [6.07, 6.45) is 1.16. The number of amides is 1. The Morgan fingerprint density at radius 2 is 2.19 bits per heavy atom. The second-order valence-electron chi connectivity index (χ2n) is 4.95. The van der Waals surface area contributed by atoms with Gasteiger partial charge in [0.25, 0.3) is 0 Å². The van der Waals surface area contributed by atoms with E-state index in [9.17, 15) is 4.79 Å². The SMILES string of the molecule is CCOC(=O)N1CCc2oc3c(Cl)cc(Br)cc3c2CC1. The summed E-state index contributed by atoms with van der Waals surface area (Å²) in [4.78, 5) is 13.6. The molecular formula is C15H15BrClNO3. The zero-order chi connectivity index (χ0) is 15.0. The van der Waals surface area contributed by atoms with E-state index in [0.717, 1.165) is 33.2 Å². The third kappa shape index (κ3) is 2.77. The minimum atomic E-state index is -0.258. The molecule has 1 aromatic carbocycles. The van der Waals surface area contributed by atoms with E-state index in [4.69, 9.17) is 20.8 Å². The first-order chi connectivity index (χ1) is 10.1. The monoisotopic (exact) mass is 371 g/mol. The van der Waals surface area contributed by atoms with Crippen LogP contribution in [0.25, 0.3) is 11.0 Å². The lowest BCUT2D eigenvalue weighted by Crippen LogP contribution is -2.33. The molecular weight excluding hydrogens is 358 g/mol. The zero-order valence-corrected chi connectivity index (χ0v) is 14.0. The lowest BCUT2D eigenvalue weighted by molar-refractivity contribution is 0.108. The van der Waals surface area contributed by atoms with Crippen LogP contribution in [0, 0.1) is 0 Å². The van der Waals surface area contributed by atoms with Crippen molar-refractivity contribution in [2.45, 2.75) is 19.8 Å². The van der Waals surface area contributed by atoms with Crippen LogP contribution in [0.2, 0.25) is 5.02 Å². The van der Waals surface area contributed by atoms with Crippen molar-refractivity contribution < 1.29 is 13.9 Å². The van der Waals surface area contributed by atoms with Crippen molar-refractivity contribution in [3.8, 4) is 0 Å². The summed E-state index contributed by atoms with van der Waals surface area (Å²) < 4.78 is 11.9. The van der Waals surface area contributed by atoms with Gasteiger partial charge in [0.05, 0.1) is 11.6 Å². The molecule has 0 aliphatic carbocycles. The fourth-order valence-electron chi connectivity index (χ4n) is 2.69. The molecule has 4 nitrogen and oxygen atoms in total. The Morgan fingerprint density at radius 3 is 2.95 bits per heavy atom. The number of furan rings is 1. The van der Waals surface area contributed by atoms with Crippen LogP contribution in [-0.4, -0.2) is 30.7 Å². The van der Waals surface area contributed by atoms with Gasteiger partial charge >= 0.3 is 6.09 Å². The summed E-state index contributed by atoms with van der Waals surface area (Å²) >= 11 is 9.70. The number of ether oxygens (including phenoxy) is 1. The smallest absolute Gasteiger partial charge is 0.409 e. The van der Waals surface area contributed by atoms with E-state index in [1.165, 1.54) is 0 Å². The number of nitrogens with zero attached hydrogens (tertiary/aromatic N) is 1. The van der Waals surface area contributed by atoms with Crippen LogP contribution in [0.4, 0.5) is 4.79 Å². The van der Waals surface area contributed by atoms with Gasteiger partial charge in [0, 0.05) is 34.9 Å². The van der Waals surface area contributed by atoms with Crippen molar-refractivity contribution >= 4 is 44.6 Å². The first-order valence-electron chi connectivity index (χ1n) is 6.91. The first kappa shape index (κ1) is 14.7. The number of rotatable bonds is 1. The summed E-state index contributed by atoms with van der Waals surface area (Å²) in [5.74, 6) is 0.914. The second-order valence-corrected chi connectivity index (χ2v) is 6.28. The molecule has 3 rings (SSSR count). The van der Waals surface area contributed by atoms with Crippen molar-refractivity contribution in [2.24, 2.45) is 0 Å². The highest BCUT2D eigenvalue weighted by molar-refractivity contribution is 9.10. The second kappa shape index (κ2) is 5.89. The van der Waals surface area contributed by atoms with Gasteiger partial charge in [-0.25, -0.2) is 4.79 Å². The Kier molecular flexibility index (Phi) is 4.13. The van der Waals surface area contributed by atoms with Crippen LogP contribution in [0.3, 0.4) is 0 Å². The van der Waals surface area contributed by atoms with E-state index in [1.54, 1.807) is 4.90 Å². The van der Waals surface area contributed by atoms with Gasteiger partial charge in [-0.1, -0.05) is 27.5 Å². The number of carbonyl (C=O) groups excluding carboxylic acids is 1. The Hall–Kier alpha value is -1.20. The lowest BCUT2D eigenvalue weighted by Gasteiger charge is -2.18. The summed E-state index contributed by atoms with van der Waals surface area (Å²) in [7, 11) is 0. The first-order valence-corrected chi connectivity index (χ1v) is 8.08. The summed E-state index contributed by atoms with van der Waals surface area (Å²) in [6.45, 7) is 3.44. The number of hydrogen-bond acceptors (Lipinski definition) is 3. The molecule has 1 aromatic heterocycles. The van der Waals surface area contributed by atoms with Crippen molar-refractivity contribution in [2.75, 3.05) is 19.7 Å². The maximum atomic E-state index is 11.8. The normalized spacial score (nSPS) is 14.9. The van der Waals surface area contributed by atoms with Crippen LogP contribution in [0.5, 0.6) is 0 Å². The van der Waals surface area contributed by atoms with Crippen molar-refractivity contribution in [1.29, 1.82) is 0 Å².